The second kappa shape index (κ2) is 15.4. The lowest BCUT2D eigenvalue weighted by Crippen LogP contribution is -2.55. The number of hydrogen-bond donors (Lipinski definition) is 2. The van der Waals surface area contributed by atoms with E-state index in [1.807, 2.05) is 56.0 Å². The molecule has 3 fully saturated rings. The van der Waals surface area contributed by atoms with Gasteiger partial charge in [0.15, 0.2) is 0 Å². The molecule has 13 heteroatoms. The van der Waals surface area contributed by atoms with E-state index in [0.717, 1.165) is 55.8 Å². The molecule has 11 nitrogen and oxygen atoms in total. The van der Waals surface area contributed by atoms with E-state index in [9.17, 15) is 19.2 Å². The largest absolute Gasteiger partial charge is 0.480 e. The van der Waals surface area contributed by atoms with E-state index in [1.54, 1.807) is 6.07 Å². The summed E-state index contributed by atoms with van der Waals surface area (Å²) in [6.07, 6.45) is 3.43. The Kier molecular flexibility index (Phi) is 11.1. The predicted octanol–water partition coefficient (Wildman–Crippen LogP) is 4.27. The third kappa shape index (κ3) is 8.07. The molecule has 2 aromatic rings. The van der Waals surface area contributed by atoms with Gasteiger partial charge in [0.2, 0.25) is 11.8 Å². The van der Waals surface area contributed by atoms with Crippen LogP contribution in [0.4, 0.5) is 10.5 Å². The fourth-order valence-electron chi connectivity index (χ4n) is 7.69. The van der Waals surface area contributed by atoms with Crippen LogP contribution in [0.3, 0.4) is 0 Å². The predicted molar refractivity (Wildman–Crippen MR) is 184 cm³/mol. The summed E-state index contributed by atoms with van der Waals surface area (Å²) in [6.45, 7) is 6.00. The van der Waals surface area contributed by atoms with Crippen LogP contribution in [-0.4, -0.2) is 124 Å². The van der Waals surface area contributed by atoms with E-state index in [-0.39, 0.29) is 36.9 Å². The van der Waals surface area contributed by atoms with Crippen molar-refractivity contribution in [3.8, 4) is 0 Å². The van der Waals surface area contributed by atoms with Crippen LogP contribution in [0, 0.1) is 5.92 Å². The number of halogens is 2. The monoisotopic (exact) mass is 698 g/mol. The van der Waals surface area contributed by atoms with Gasteiger partial charge in [0.05, 0.1) is 22.5 Å². The van der Waals surface area contributed by atoms with Crippen LogP contribution in [0.5, 0.6) is 0 Å². The SMILES string of the molecule is O=C(O)CN1CCN(C2CCN(C(=O)[C@@H](CC(=O)N3CCC(N4Cc5ccccc5NC4=O)CC3)Cc3cccc(Cl)c3Cl)CC2)CC1. The van der Waals surface area contributed by atoms with E-state index in [1.165, 1.54) is 0 Å². The van der Waals surface area contributed by atoms with Crippen molar-refractivity contribution in [2.24, 2.45) is 5.92 Å². The summed E-state index contributed by atoms with van der Waals surface area (Å²) < 4.78 is 0. The van der Waals surface area contributed by atoms with E-state index < -0.39 is 11.9 Å². The summed E-state index contributed by atoms with van der Waals surface area (Å²) in [5, 5.41) is 12.9. The van der Waals surface area contributed by atoms with Gasteiger partial charge in [0, 0.05) is 83.1 Å². The third-order valence-corrected chi connectivity index (χ3v) is 11.3. The lowest BCUT2D eigenvalue weighted by molar-refractivity contribution is -0.143. The maximum atomic E-state index is 14.1. The van der Waals surface area contributed by atoms with E-state index >= 15 is 0 Å². The minimum absolute atomic E-state index is 0.0338. The van der Waals surface area contributed by atoms with Crippen molar-refractivity contribution in [2.75, 3.05) is 64.2 Å². The number of piperazine rings is 1. The van der Waals surface area contributed by atoms with E-state index in [2.05, 4.69) is 10.2 Å². The Bertz CT molecular complexity index is 1500. The zero-order valence-electron chi connectivity index (χ0n) is 27.2. The summed E-state index contributed by atoms with van der Waals surface area (Å²) in [6, 6.07) is 13.5. The van der Waals surface area contributed by atoms with Crippen LogP contribution in [0.1, 0.15) is 43.2 Å². The number of urea groups is 1. The van der Waals surface area contributed by atoms with Crippen molar-refractivity contribution in [1.82, 2.24) is 24.5 Å². The number of hydrogen-bond acceptors (Lipinski definition) is 6. The number of carbonyl (C=O) groups is 4. The maximum Gasteiger partial charge on any atom is 0.322 e. The summed E-state index contributed by atoms with van der Waals surface area (Å²) >= 11 is 12.9. The molecule has 0 spiro atoms. The molecule has 0 radical (unpaired) electrons. The van der Waals surface area contributed by atoms with Crippen molar-refractivity contribution in [2.45, 2.75) is 57.2 Å². The highest BCUT2D eigenvalue weighted by atomic mass is 35.5. The minimum atomic E-state index is -0.801. The number of fused-ring (bicyclic) bond motifs is 1. The van der Waals surface area contributed by atoms with Gasteiger partial charge in [-0.25, -0.2) is 4.79 Å². The van der Waals surface area contributed by atoms with Crippen LogP contribution in [0.2, 0.25) is 10.0 Å². The Balaban J connectivity index is 1.06. The number of nitrogens with one attached hydrogen (secondary N) is 1. The highest BCUT2D eigenvalue weighted by Gasteiger charge is 2.36. The molecule has 0 saturated carbocycles. The summed E-state index contributed by atoms with van der Waals surface area (Å²) in [4.78, 5) is 61.8. The first kappa shape index (κ1) is 34.5. The number of piperidine rings is 2. The van der Waals surface area contributed by atoms with Gasteiger partial charge in [-0.15, -0.1) is 0 Å². The Hall–Kier alpha value is -3.38. The second-order valence-corrected chi connectivity index (χ2v) is 14.2. The summed E-state index contributed by atoms with van der Waals surface area (Å²) in [5.41, 5.74) is 2.68. The fraction of sp³-hybridized carbons (Fsp3) is 0.543. The number of carbonyl (C=O) groups excluding carboxylic acids is 3. The number of aliphatic carboxylic acids is 1. The average molecular weight is 700 g/mol. The number of benzene rings is 2. The number of para-hydroxylation sites is 1. The van der Waals surface area contributed by atoms with Crippen LogP contribution in [0.15, 0.2) is 42.5 Å². The van der Waals surface area contributed by atoms with Crippen molar-refractivity contribution < 1.29 is 24.3 Å². The maximum absolute atomic E-state index is 14.1. The molecule has 258 valence electrons. The number of anilines is 1. The molecular weight excluding hydrogens is 655 g/mol. The van der Waals surface area contributed by atoms with Crippen molar-refractivity contribution in [3.63, 3.8) is 0 Å². The number of amides is 4. The lowest BCUT2D eigenvalue weighted by atomic mass is 9.92. The number of carboxylic acid groups (broad SMARTS) is 1. The topological polar surface area (TPSA) is 117 Å². The molecule has 48 heavy (non-hydrogen) atoms. The zero-order valence-corrected chi connectivity index (χ0v) is 28.7. The van der Waals surface area contributed by atoms with Crippen molar-refractivity contribution in [1.29, 1.82) is 0 Å². The average Bonchev–Trinajstić information content (AvgIpc) is 3.09. The van der Waals surface area contributed by atoms with E-state index in [4.69, 9.17) is 28.3 Å². The molecule has 0 aliphatic carbocycles. The van der Waals surface area contributed by atoms with Crippen LogP contribution in [-0.2, 0) is 27.3 Å². The van der Waals surface area contributed by atoms with Gasteiger partial charge in [0.25, 0.3) is 0 Å². The molecule has 4 aliphatic heterocycles. The molecule has 0 bridgehead atoms. The minimum Gasteiger partial charge on any atom is -0.480 e. The molecule has 6 rings (SSSR count). The van der Waals surface area contributed by atoms with Crippen LogP contribution < -0.4 is 5.32 Å². The number of nitrogens with zero attached hydrogens (tertiary/aromatic N) is 5. The number of rotatable bonds is 9. The number of likely N-dealkylation sites (tertiary alicyclic amines) is 2. The Morgan fingerprint density at radius 3 is 2.21 bits per heavy atom. The smallest absolute Gasteiger partial charge is 0.322 e. The Labute approximate surface area is 291 Å². The summed E-state index contributed by atoms with van der Waals surface area (Å²) in [7, 11) is 0. The van der Waals surface area contributed by atoms with Crippen molar-refractivity contribution >= 4 is 52.7 Å². The van der Waals surface area contributed by atoms with Crippen LogP contribution >= 0.6 is 23.2 Å². The molecule has 0 unspecified atom stereocenters. The molecule has 4 heterocycles. The molecule has 0 aromatic heterocycles. The van der Waals surface area contributed by atoms with Crippen LogP contribution in [0.25, 0.3) is 0 Å². The fourth-order valence-corrected chi connectivity index (χ4v) is 8.09. The highest BCUT2D eigenvalue weighted by Crippen LogP contribution is 2.31. The summed E-state index contributed by atoms with van der Waals surface area (Å²) in [5.74, 6) is -1.48. The number of carboxylic acids is 1. The van der Waals surface area contributed by atoms with Crippen molar-refractivity contribution in [3.05, 3.63) is 63.6 Å². The first-order valence-electron chi connectivity index (χ1n) is 17.0. The van der Waals surface area contributed by atoms with Gasteiger partial charge >= 0.3 is 12.0 Å². The molecule has 1 atom stereocenters. The first-order valence-corrected chi connectivity index (χ1v) is 17.7. The van der Waals surface area contributed by atoms with E-state index in [0.29, 0.717) is 68.1 Å². The molecule has 2 N–H and O–H groups in total. The molecule has 4 aliphatic rings. The lowest BCUT2D eigenvalue weighted by Gasteiger charge is -2.43. The Morgan fingerprint density at radius 1 is 0.833 bits per heavy atom. The normalized spacial score (nSPS) is 20.7. The molecule has 4 amide bonds. The molecular formula is C35H44Cl2N6O5. The third-order valence-electron chi connectivity index (χ3n) is 10.4. The Morgan fingerprint density at radius 2 is 1.50 bits per heavy atom. The molecule has 2 aromatic carbocycles. The van der Waals surface area contributed by atoms with Gasteiger partial charge in [-0.1, -0.05) is 53.5 Å². The first-order chi connectivity index (χ1) is 23.2. The van der Waals surface area contributed by atoms with Gasteiger partial charge in [-0.05, 0) is 55.4 Å². The quantitative estimate of drug-likeness (QED) is 0.402. The zero-order chi connectivity index (χ0) is 33.8. The standard InChI is InChI=1S/C35H44Cl2N6O5/c36-29-6-3-5-24(33(29)37)20-26(34(47)42-14-8-27(9-15-42)40-18-16-39(17-19-40)23-32(45)46)21-31(44)41-12-10-28(11-13-41)43-22-25-4-1-2-7-30(25)38-35(43)48/h1-7,26-28H,8-23H2,(H,38,48)(H,45,46)/t26-/m1/s1. The molecule has 3 saturated heterocycles. The van der Waals surface area contributed by atoms with Gasteiger partial charge in [-0.3, -0.25) is 24.2 Å². The van der Waals surface area contributed by atoms with Gasteiger partial charge < -0.3 is 25.1 Å². The van der Waals surface area contributed by atoms with Gasteiger partial charge in [0.1, 0.15) is 0 Å². The highest BCUT2D eigenvalue weighted by molar-refractivity contribution is 6.42. The second-order valence-electron chi connectivity index (χ2n) is 13.4. The van der Waals surface area contributed by atoms with Gasteiger partial charge in [-0.2, -0.15) is 0 Å².